The molecule has 2 aromatic carbocycles. The number of anilines is 2. The van der Waals surface area contributed by atoms with Gasteiger partial charge in [-0.05, 0) is 29.8 Å². The molecule has 8 heteroatoms. The van der Waals surface area contributed by atoms with E-state index in [2.05, 4.69) is 20.6 Å². The van der Waals surface area contributed by atoms with Gasteiger partial charge in [-0.15, -0.1) is 0 Å². The van der Waals surface area contributed by atoms with Crippen LogP contribution in [0.3, 0.4) is 0 Å². The molecule has 1 heterocycles. The predicted molar refractivity (Wildman–Crippen MR) is 108 cm³/mol. The Morgan fingerprint density at radius 2 is 1.82 bits per heavy atom. The van der Waals surface area contributed by atoms with Crippen molar-refractivity contribution in [2.75, 3.05) is 24.9 Å². The van der Waals surface area contributed by atoms with Gasteiger partial charge in [-0.2, -0.15) is 0 Å². The second-order valence-electron chi connectivity index (χ2n) is 5.77. The molecule has 0 aliphatic rings. The van der Waals surface area contributed by atoms with Crippen LogP contribution in [-0.4, -0.2) is 30.1 Å². The van der Waals surface area contributed by atoms with Gasteiger partial charge in [-0.25, -0.2) is 9.97 Å². The number of nitrogens with one attached hydrogen (secondary N) is 2. The van der Waals surface area contributed by atoms with E-state index in [0.717, 1.165) is 5.56 Å². The lowest BCUT2D eigenvalue weighted by molar-refractivity contribution is 0.102. The average molecular weight is 399 g/mol. The molecule has 0 saturated carbocycles. The van der Waals surface area contributed by atoms with E-state index in [1.165, 1.54) is 6.33 Å². The van der Waals surface area contributed by atoms with Crippen molar-refractivity contribution in [1.82, 2.24) is 9.97 Å². The van der Waals surface area contributed by atoms with Crippen LogP contribution in [0.4, 0.5) is 11.5 Å². The van der Waals surface area contributed by atoms with Gasteiger partial charge in [0.15, 0.2) is 11.5 Å². The average Bonchev–Trinajstić information content (AvgIpc) is 2.73. The first-order valence-electron chi connectivity index (χ1n) is 8.43. The highest BCUT2D eigenvalue weighted by molar-refractivity contribution is 6.33. The van der Waals surface area contributed by atoms with Gasteiger partial charge >= 0.3 is 0 Å². The number of hydrogen-bond donors (Lipinski definition) is 2. The molecule has 0 aliphatic heterocycles. The van der Waals surface area contributed by atoms with E-state index < -0.39 is 0 Å². The molecular weight excluding hydrogens is 380 g/mol. The number of hydrogen-bond acceptors (Lipinski definition) is 6. The smallest absolute Gasteiger partial charge is 0.274 e. The number of carbonyl (C=O) groups is 1. The first-order valence-corrected chi connectivity index (χ1v) is 8.81. The summed E-state index contributed by atoms with van der Waals surface area (Å²) in [6.45, 7) is 0.489. The molecule has 0 spiro atoms. The fourth-order valence-corrected chi connectivity index (χ4v) is 2.69. The molecule has 1 amide bonds. The standard InChI is InChI=1S/C20H19ClN4O3/c1-27-17-8-7-13(9-18(17)28-2)11-22-19-10-16(23-12-24-19)20(26)25-15-6-4-3-5-14(15)21/h3-10,12H,11H2,1-2H3,(H,25,26)(H,22,23,24). The van der Waals surface area contributed by atoms with E-state index in [1.807, 2.05) is 18.2 Å². The van der Waals surface area contributed by atoms with Gasteiger partial charge in [-0.3, -0.25) is 4.79 Å². The fraction of sp³-hybridized carbons (Fsp3) is 0.150. The minimum Gasteiger partial charge on any atom is -0.493 e. The number of carbonyl (C=O) groups excluding carboxylic acids is 1. The molecule has 3 aromatic rings. The zero-order chi connectivity index (χ0) is 19.9. The highest BCUT2D eigenvalue weighted by Gasteiger charge is 2.11. The number of nitrogens with zero attached hydrogens (tertiary/aromatic N) is 2. The Bertz CT molecular complexity index is 981. The minimum absolute atomic E-state index is 0.227. The quantitative estimate of drug-likeness (QED) is 0.625. The number of methoxy groups -OCH3 is 2. The summed E-state index contributed by atoms with van der Waals surface area (Å²) in [5.74, 6) is 1.45. The van der Waals surface area contributed by atoms with E-state index >= 15 is 0 Å². The lowest BCUT2D eigenvalue weighted by Gasteiger charge is -2.11. The molecule has 1 aromatic heterocycles. The number of aromatic nitrogens is 2. The van der Waals surface area contributed by atoms with Crippen LogP contribution < -0.4 is 20.1 Å². The molecular formula is C20H19ClN4O3. The van der Waals surface area contributed by atoms with Crippen LogP contribution in [0.15, 0.2) is 54.9 Å². The Kier molecular flexibility index (Phi) is 6.29. The largest absolute Gasteiger partial charge is 0.493 e. The molecule has 0 bridgehead atoms. The van der Waals surface area contributed by atoms with Gasteiger partial charge in [0.2, 0.25) is 0 Å². The summed E-state index contributed by atoms with van der Waals surface area (Å²) in [4.78, 5) is 20.6. The van der Waals surface area contributed by atoms with Crippen LogP contribution in [-0.2, 0) is 6.54 Å². The number of benzene rings is 2. The van der Waals surface area contributed by atoms with Crippen LogP contribution >= 0.6 is 11.6 Å². The molecule has 144 valence electrons. The van der Waals surface area contributed by atoms with Crippen molar-refractivity contribution in [3.8, 4) is 11.5 Å². The number of ether oxygens (including phenoxy) is 2. The highest BCUT2D eigenvalue weighted by atomic mass is 35.5. The Morgan fingerprint density at radius 3 is 2.57 bits per heavy atom. The third kappa shape index (κ3) is 4.69. The third-order valence-electron chi connectivity index (χ3n) is 3.94. The minimum atomic E-state index is -0.371. The summed E-state index contributed by atoms with van der Waals surface area (Å²) in [7, 11) is 3.18. The summed E-state index contributed by atoms with van der Waals surface area (Å²) in [6, 6.07) is 14.2. The van der Waals surface area contributed by atoms with Gasteiger partial charge in [0.1, 0.15) is 17.8 Å². The molecule has 28 heavy (non-hydrogen) atoms. The zero-order valence-electron chi connectivity index (χ0n) is 15.4. The van der Waals surface area contributed by atoms with Crippen molar-refractivity contribution < 1.29 is 14.3 Å². The number of rotatable bonds is 7. The number of para-hydroxylation sites is 1. The number of halogens is 1. The Morgan fingerprint density at radius 1 is 1.04 bits per heavy atom. The van der Waals surface area contributed by atoms with Crippen molar-refractivity contribution in [1.29, 1.82) is 0 Å². The maximum Gasteiger partial charge on any atom is 0.274 e. The van der Waals surface area contributed by atoms with E-state index in [1.54, 1.807) is 44.6 Å². The molecule has 3 rings (SSSR count). The lowest BCUT2D eigenvalue weighted by Crippen LogP contribution is -2.15. The predicted octanol–water partition coefficient (Wildman–Crippen LogP) is 4.01. The zero-order valence-corrected chi connectivity index (χ0v) is 16.2. The molecule has 0 unspecified atom stereocenters. The van der Waals surface area contributed by atoms with Crippen LogP contribution in [0.1, 0.15) is 16.1 Å². The van der Waals surface area contributed by atoms with Gasteiger partial charge in [0.25, 0.3) is 5.91 Å². The van der Waals surface area contributed by atoms with Crippen molar-refractivity contribution in [3.63, 3.8) is 0 Å². The molecule has 0 fully saturated rings. The van der Waals surface area contributed by atoms with Gasteiger partial charge < -0.3 is 20.1 Å². The molecule has 0 saturated heterocycles. The molecule has 0 aliphatic carbocycles. The second kappa shape index (κ2) is 9.05. The fourth-order valence-electron chi connectivity index (χ4n) is 2.51. The summed E-state index contributed by atoms with van der Waals surface area (Å²) in [5.41, 5.74) is 1.72. The normalized spacial score (nSPS) is 10.2. The lowest BCUT2D eigenvalue weighted by atomic mass is 10.2. The molecule has 7 nitrogen and oxygen atoms in total. The Balaban J connectivity index is 1.68. The molecule has 0 radical (unpaired) electrons. The summed E-state index contributed by atoms with van der Waals surface area (Å²) >= 11 is 6.07. The summed E-state index contributed by atoms with van der Waals surface area (Å²) in [5, 5.41) is 6.36. The first-order chi connectivity index (χ1) is 13.6. The van der Waals surface area contributed by atoms with Crippen LogP contribution in [0.2, 0.25) is 5.02 Å². The third-order valence-corrected chi connectivity index (χ3v) is 4.27. The monoisotopic (exact) mass is 398 g/mol. The van der Waals surface area contributed by atoms with Crippen LogP contribution in [0.25, 0.3) is 0 Å². The van der Waals surface area contributed by atoms with Crippen molar-refractivity contribution in [2.24, 2.45) is 0 Å². The van der Waals surface area contributed by atoms with Crippen molar-refractivity contribution in [3.05, 3.63) is 71.1 Å². The summed E-state index contributed by atoms with van der Waals surface area (Å²) < 4.78 is 10.5. The maximum atomic E-state index is 12.4. The second-order valence-corrected chi connectivity index (χ2v) is 6.17. The first kappa shape index (κ1) is 19.4. The molecule has 0 atom stereocenters. The van der Waals surface area contributed by atoms with Crippen molar-refractivity contribution >= 4 is 29.0 Å². The molecule has 2 N–H and O–H groups in total. The van der Waals surface area contributed by atoms with E-state index in [0.29, 0.717) is 34.6 Å². The van der Waals surface area contributed by atoms with Gasteiger partial charge in [-0.1, -0.05) is 29.8 Å². The Hall–Kier alpha value is -3.32. The van der Waals surface area contributed by atoms with Crippen LogP contribution in [0.5, 0.6) is 11.5 Å². The van der Waals surface area contributed by atoms with Gasteiger partial charge in [0, 0.05) is 12.6 Å². The SMILES string of the molecule is COc1ccc(CNc2cc(C(=O)Nc3ccccc3Cl)ncn2)cc1OC. The maximum absolute atomic E-state index is 12.4. The van der Waals surface area contributed by atoms with E-state index in [9.17, 15) is 4.79 Å². The van der Waals surface area contributed by atoms with Crippen molar-refractivity contribution in [2.45, 2.75) is 6.54 Å². The topological polar surface area (TPSA) is 85.4 Å². The van der Waals surface area contributed by atoms with E-state index in [-0.39, 0.29) is 11.6 Å². The van der Waals surface area contributed by atoms with Crippen LogP contribution in [0, 0.1) is 0 Å². The van der Waals surface area contributed by atoms with E-state index in [4.69, 9.17) is 21.1 Å². The summed E-state index contributed by atoms with van der Waals surface area (Å²) in [6.07, 6.45) is 1.33. The van der Waals surface area contributed by atoms with Gasteiger partial charge in [0.05, 0.1) is 24.9 Å². The highest BCUT2D eigenvalue weighted by Crippen LogP contribution is 2.27. The Labute approximate surface area is 167 Å². The number of amides is 1.